The number of hydrogen-bond acceptors (Lipinski definition) is 2. The van der Waals surface area contributed by atoms with Gasteiger partial charge in [0.1, 0.15) is 0 Å². The van der Waals surface area contributed by atoms with E-state index in [0.717, 1.165) is 24.8 Å². The van der Waals surface area contributed by atoms with Crippen molar-refractivity contribution >= 4 is 0 Å². The Bertz CT molecular complexity index is 407. The van der Waals surface area contributed by atoms with Crippen LogP contribution >= 0.6 is 0 Å². The number of aromatic nitrogens is 1. The molecular formula is C14H23NO2. The van der Waals surface area contributed by atoms with Crippen LogP contribution in [0.4, 0.5) is 0 Å². The first-order chi connectivity index (χ1) is 7.97. The van der Waals surface area contributed by atoms with Crippen molar-refractivity contribution in [1.29, 1.82) is 0 Å². The molecule has 1 aromatic heterocycles. The van der Waals surface area contributed by atoms with E-state index in [4.69, 9.17) is 4.74 Å². The van der Waals surface area contributed by atoms with Gasteiger partial charge in [0.05, 0.1) is 18.2 Å². The van der Waals surface area contributed by atoms with E-state index < -0.39 is 0 Å². The Balaban J connectivity index is 2.47. The maximum atomic E-state index is 10.1. The van der Waals surface area contributed by atoms with Gasteiger partial charge < -0.3 is 14.4 Å². The molecule has 3 heteroatoms. The standard InChI is InChI=1S/C14H23NO2/c1-10-8-11-12(6-5-7-13(11)16)15(10)14(2,3)9-17-4/h8,13,16H,5-7,9H2,1-4H3. The number of aryl methyl sites for hydroxylation is 1. The van der Waals surface area contributed by atoms with E-state index in [0.29, 0.717) is 6.61 Å². The summed E-state index contributed by atoms with van der Waals surface area (Å²) in [6.45, 7) is 7.17. The number of methoxy groups -OCH3 is 1. The molecule has 0 fully saturated rings. The van der Waals surface area contributed by atoms with Crippen molar-refractivity contribution < 1.29 is 9.84 Å². The fraction of sp³-hybridized carbons (Fsp3) is 0.714. The van der Waals surface area contributed by atoms with Gasteiger partial charge in [0, 0.05) is 24.1 Å². The van der Waals surface area contributed by atoms with Gasteiger partial charge in [-0.25, -0.2) is 0 Å². The van der Waals surface area contributed by atoms with Crippen molar-refractivity contribution in [2.24, 2.45) is 0 Å². The lowest BCUT2D eigenvalue weighted by molar-refractivity contribution is 0.104. The first-order valence-electron chi connectivity index (χ1n) is 6.36. The Hall–Kier alpha value is -0.800. The Labute approximate surface area is 103 Å². The highest BCUT2D eigenvalue weighted by Crippen LogP contribution is 2.35. The van der Waals surface area contributed by atoms with Crippen LogP contribution in [0.3, 0.4) is 0 Å². The minimum absolute atomic E-state index is 0.0521. The zero-order valence-corrected chi connectivity index (χ0v) is 11.3. The molecule has 1 unspecified atom stereocenters. The molecule has 0 aliphatic heterocycles. The van der Waals surface area contributed by atoms with Crippen LogP contribution in [0.2, 0.25) is 0 Å². The zero-order valence-electron chi connectivity index (χ0n) is 11.3. The summed E-state index contributed by atoms with van der Waals surface area (Å²) in [4.78, 5) is 0. The molecule has 0 spiro atoms. The number of aliphatic hydroxyl groups is 1. The van der Waals surface area contributed by atoms with Gasteiger partial charge in [0.25, 0.3) is 0 Å². The fourth-order valence-corrected chi connectivity index (χ4v) is 3.14. The molecular weight excluding hydrogens is 214 g/mol. The topological polar surface area (TPSA) is 34.4 Å². The quantitative estimate of drug-likeness (QED) is 0.876. The van der Waals surface area contributed by atoms with Gasteiger partial charge in [-0.3, -0.25) is 0 Å². The third-order valence-electron chi connectivity index (χ3n) is 3.67. The van der Waals surface area contributed by atoms with E-state index in [-0.39, 0.29) is 11.6 Å². The molecule has 17 heavy (non-hydrogen) atoms. The molecule has 1 heterocycles. The molecule has 0 saturated heterocycles. The molecule has 1 aliphatic rings. The van der Waals surface area contributed by atoms with Crippen LogP contribution in [0.25, 0.3) is 0 Å². The van der Waals surface area contributed by atoms with Gasteiger partial charge in [-0.2, -0.15) is 0 Å². The second-order valence-corrected chi connectivity index (χ2v) is 5.68. The molecule has 0 aromatic carbocycles. The van der Waals surface area contributed by atoms with Crippen molar-refractivity contribution in [2.75, 3.05) is 13.7 Å². The molecule has 0 bridgehead atoms. The smallest absolute Gasteiger partial charge is 0.0807 e. The second-order valence-electron chi connectivity index (χ2n) is 5.68. The summed E-state index contributed by atoms with van der Waals surface area (Å²) in [5.74, 6) is 0. The lowest BCUT2D eigenvalue weighted by Crippen LogP contribution is -2.34. The minimum Gasteiger partial charge on any atom is -0.388 e. The molecule has 1 aromatic rings. The van der Waals surface area contributed by atoms with Crippen LogP contribution in [-0.4, -0.2) is 23.4 Å². The van der Waals surface area contributed by atoms with Gasteiger partial charge >= 0.3 is 0 Å². The maximum absolute atomic E-state index is 10.1. The number of nitrogens with zero attached hydrogens (tertiary/aromatic N) is 1. The van der Waals surface area contributed by atoms with E-state index in [1.165, 1.54) is 11.4 Å². The second kappa shape index (κ2) is 4.46. The first-order valence-corrected chi connectivity index (χ1v) is 6.36. The highest BCUT2D eigenvalue weighted by atomic mass is 16.5. The molecule has 96 valence electrons. The summed E-state index contributed by atoms with van der Waals surface area (Å²) < 4.78 is 7.66. The van der Waals surface area contributed by atoms with Crippen LogP contribution in [-0.2, 0) is 16.7 Å². The Morgan fingerprint density at radius 2 is 2.24 bits per heavy atom. The van der Waals surface area contributed by atoms with E-state index in [1.807, 2.05) is 0 Å². The highest BCUT2D eigenvalue weighted by Gasteiger charge is 2.30. The summed E-state index contributed by atoms with van der Waals surface area (Å²) in [5.41, 5.74) is 3.59. The average Bonchev–Trinajstić information content (AvgIpc) is 2.56. The molecule has 1 N–H and O–H groups in total. The Kier molecular flexibility index (Phi) is 3.32. The average molecular weight is 237 g/mol. The first kappa shape index (κ1) is 12.7. The van der Waals surface area contributed by atoms with Crippen LogP contribution in [0.5, 0.6) is 0 Å². The van der Waals surface area contributed by atoms with Crippen LogP contribution in [0.15, 0.2) is 6.07 Å². The summed E-state index contributed by atoms with van der Waals surface area (Å²) >= 11 is 0. The number of ether oxygens (including phenoxy) is 1. The highest BCUT2D eigenvalue weighted by molar-refractivity contribution is 5.33. The van der Waals surface area contributed by atoms with E-state index in [1.54, 1.807) is 7.11 Å². The minimum atomic E-state index is -0.281. The van der Waals surface area contributed by atoms with Crippen LogP contribution in [0.1, 0.15) is 49.7 Å². The van der Waals surface area contributed by atoms with Gasteiger partial charge in [-0.05, 0) is 46.1 Å². The molecule has 0 saturated carbocycles. The SMILES string of the molecule is COCC(C)(C)n1c(C)cc2c1CCCC2O. The predicted molar refractivity (Wildman–Crippen MR) is 68.3 cm³/mol. The number of aliphatic hydroxyl groups excluding tert-OH is 1. The molecule has 0 amide bonds. The number of rotatable bonds is 3. The lowest BCUT2D eigenvalue weighted by Gasteiger charge is -2.32. The zero-order chi connectivity index (χ0) is 12.6. The van der Waals surface area contributed by atoms with E-state index in [2.05, 4.69) is 31.4 Å². The fourth-order valence-electron chi connectivity index (χ4n) is 3.14. The monoisotopic (exact) mass is 237 g/mol. The summed E-state index contributed by atoms with van der Waals surface area (Å²) in [6.07, 6.45) is 2.74. The van der Waals surface area contributed by atoms with Crippen molar-refractivity contribution in [2.45, 2.75) is 51.7 Å². The van der Waals surface area contributed by atoms with Gasteiger partial charge in [0.2, 0.25) is 0 Å². The van der Waals surface area contributed by atoms with Crippen molar-refractivity contribution in [3.8, 4) is 0 Å². The summed E-state index contributed by atoms with van der Waals surface area (Å²) in [6, 6.07) is 2.14. The van der Waals surface area contributed by atoms with E-state index in [9.17, 15) is 5.11 Å². The Morgan fingerprint density at radius 3 is 2.88 bits per heavy atom. The molecule has 1 aliphatic carbocycles. The number of hydrogen-bond donors (Lipinski definition) is 1. The summed E-state index contributed by atoms with van der Waals surface area (Å²) in [7, 11) is 1.74. The molecule has 0 radical (unpaired) electrons. The van der Waals surface area contributed by atoms with Gasteiger partial charge in [0.15, 0.2) is 0 Å². The van der Waals surface area contributed by atoms with E-state index >= 15 is 0 Å². The predicted octanol–water partition coefficient (Wildman–Crippen LogP) is 2.55. The van der Waals surface area contributed by atoms with Crippen molar-refractivity contribution in [3.63, 3.8) is 0 Å². The number of fused-ring (bicyclic) bond motifs is 1. The largest absolute Gasteiger partial charge is 0.388 e. The third kappa shape index (κ3) is 2.14. The molecule has 3 nitrogen and oxygen atoms in total. The van der Waals surface area contributed by atoms with Gasteiger partial charge in [-0.1, -0.05) is 0 Å². The Morgan fingerprint density at radius 1 is 1.53 bits per heavy atom. The van der Waals surface area contributed by atoms with Crippen molar-refractivity contribution in [3.05, 3.63) is 23.0 Å². The van der Waals surface area contributed by atoms with Crippen LogP contribution in [0, 0.1) is 6.92 Å². The molecule has 1 atom stereocenters. The maximum Gasteiger partial charge on any atom is 0.0807 e. The van der Waals surface area contributed by atoms with Crippen LogP contribution < -0.4 is 0 Å². The molecule has 2 rings (SSSR count). The van der Waals surface area contributed by atoms with Crippen molar-refractivity contribution in [1.82, 2.24) is 4.57 Å². The van der Waals surface area contributed by atoms with Gasteiger partial charge in [-0.15, -0.1) is 0 Å². The normalized spacial score (nSPS) is 20.4. The lowest BCUT2D eigenvalue weighted by atomic mass is 9.94. The summed E-state index contributed by atoms with van der Waals surface area (Å²) in [5, 5.41) is 10.1. The third-order valence-corrected chi connectivity index (χ3v) is 3.67.